The van der Waals surface area contributed by atoms with Crippen LogP contribution in [0.2, 0.25) is 0 Å². The van der Waals surface area contributed by atoms with E-state index < -0.39 is 0 Å². The second-order valence-electron chi connectivity index (χ2n) is 4.91. The fourth-order valence-corrected chi connectivity index (χ4v) is 3.01. The van der Waals surface area contributed by atoms with Crippen molar-refractivity contribution < 1.29 is 4.79 Å². The zero-order chi connectivity index (χ0) is 12.1. The molecule has 1 fully saturated rings. The highest BCUT2D eigenvalue weighted by Gasteiger charge is 2.30. The van der Waals surface area contributed by atoms with Crippen molar-refractivity contribution in [2.24, 2.45) is 17.6 Å². The van der Waals surface area contributed by atoms with Gasteiger partial charge in [0.2, 0.25) is 5.91 Å². The molecular formula is C12H24N2OS. The maximum absolute atomic E-state index is 12.2. The number of thioether (sulfide) groups is 1. The van der Waals surface area contributed by atoms with Gasteiger partial charge in [-0.2, -0.15) is 11.8 Å². The van der Waals surface area contributed by atoms with Gasteiger partial charge < -0.3 is 10.6 Å². The summed E-state index contributed by atoms with van der Waals surface area (Å²) in [6, 6.07) is 0.264. The summed E-state index contributed by atoms with van der Waals surface area (Å²) in [5.41, 5.74) is 5.77. The molecule has 0 radical (unpaired) electrons. The van der Waals surface area contributed by atoms with Crippen LogP contribution in [0.5, 0.6) is 0 Å². The van der Waals surface area contributed by atoms with E-state index in [4.69, 9.17) is 5.73 Å². The molecule has 0 aromatic heterocycles. The minimum atomic E-state index is 0.123. The second kappa shape index (κ2) is 6.50. The largest absolute Gasteiger partial charge is 0.338 e. The van der Waals surface area contributed by atoms with Crippen molar-refractivity contribution >= 4 is 17.7 Å². The van der Waals surface area contributed by atoms with Gasteiger partial charge >= 0.3 is 0 Å². The zero-order valence-corrected chi connectivity index (χ0v) is 11.4. The molecule has 1 heterocycles. The summed E-state index contributed by atoms with van der Waals surface area (Å²) in [5, 5.41) is 0. The van der Waals surface area contributed by atoms with Gasteiger partial charge in [-0.25, -0.2) is 0 Å². The first kappa shape index (κ1) is 13.8. The molecule has 0 aromatic carbocycles. The van der Waals surface area contributed by atoms with Crippen LogP contribution < -0.4 is 5.73 Å². The van der Waals surface area contributed by atoms with Crippen LogP contribution >= 0.6 is 11.8 Å². The molecule has 94 valence electrons. The summed E-state index contributed by atoms with van der Waals surface area (Å²) in [5.74, 6) is 2.02. The predicted molar refractivity (Wildman–Crippen MR) is 70.5 cm³/mol. The van der Waals surface area contributed by atoms with Crippen molar-refractivity contribution in [1.82, 2.24) is 4.90 Å². The average Bonchev–Trinajstić information content (AvgIpc) is 2.28. The summed E-state index contributed by atoms with van der Waals surface area (Å²) >= 11 is 1.73. The first-order valence-electron chi connectivity index (χ1n) is 6.09. The molecule has 0 bridgehead atoms. The highest BCUT2D eigenvalue weighted by atomic mass is 32.2. The fraction of sp³-hybridized carbons (Fsp3) is 0.917. The van der Waals surface area contributed by atoms with Gasteiger partial charge in [-0.1, -0.05) is 13.8 Å². The summed E-state index contributed by atoms with van der Waals surface area (Å²) in [4.78, 5) is 14.2. The average molecular weight is 244 g/mol. The molecule has 0 saturated carbocycles. The van der Waals surface area contributed by atoms with Gasteiger partial charge in [-0.05, 0) is 25.0 Å². The molecule has 4 heteroatoms. The Kier molecular flexibility index (Phi) is 5.62. The van der Waals surface area contributed by atoms with E-state index in [2.05, 4.69) is 6.92 Å². The number of nitrogens with two attached hydrogens (primary N) is 1. The normalized spacial score (nSPS) is 27.9. The lowest BCUT2D eigenvalue weighted by molar-refractivity contribution is -0.138. The minimum Gasteiger partial charge on any atom is -0.338 e. The summed E-state index contributed by atoms with van der Waals surface area (Å²) in [7, 11) is 0. The van der Waals surface area contributed by atoms with Crippen LogP contribution in [0.4, 0.5) is 0 Å². The van der Waals surface area contributed by atoms with Crippen LogP contribution in [-0.2, 0) is 4.79 Å². The van der Waals surface area contributed by atoms with Crippen molar-refractivity contribution in [3.05, 3.63) is 0 Å². The SMILES string of the molecule is CSCC(C)C(=O)N1CCC(C)CC1CN. The predicted octanol–water partition coefficient (Wildman–Crippen LogP) is 1.57. The lowest BCUT2D eigenvalue weighted by Crippen LogP contribution is -2.51. The van der Waals surface area contributed by atoms with E-state index in [1.165, 1.54) is 0 Å². The molecule has 1 rings (SSSR count). The Balaban J connectivity index is 2.59. The number of hydrogen-bond donors (Lipinski definition) is 1. The van der Waals surface area contributed by atoms with E-state index in [0.29, 0.717) is 12.5 Å². The van der Waals surface area contributed by atoms with Crippen LogP contribution in [0.1, 0.15) is 26.7 Å². The lowest BCUT2D eigenvalue weighted by Gasteiger charge is -2.39. The molecule has 3 unspecified atom stereocenters. The third-order valence-corrected chi connectivity index (χ3v) is 4.20. The van der Waals surface area contributed by atoms with E-state index in [9.17, 15) is 4.79 Å². The molecule has 16 heavy (non-hydrogen) atoms. The van der Waals surface area contributed by atoms with Gasteiger partial charge in [-0.15, -0.1) is 0 Å². The van der Waals surface area contributed by atoms with Crippen LogP contribution in [0.15, 0.2) is 0 Å². The number of carbonyl (C=O) groups is 1. The quantitative estimate of drug-likeness (QED) is 0.816. The summed E-state index contributed by atoms with van der Waals surface area (Å²) in [6.07, 6.45) is 4.23. The van der Waals surface area contributed by atoms with Crippen molar-refractivity contribution in [1.29, 1.82) is 0 Å². The number of likely N-dealkylation sites (tertiary alicyclic amines) is 1. The molecular weight excluding hydrogens is 220 g/mol. The number of nitrogens with zero attached hydrogens (tertiary/aromatic N) is 1. The van der Waals surface area contributed by atoms with E-state index in [-0.39, 0.29) is 17.9 Å². The number of hydrogen-bond acceptors (Lipinski definition) is 3. The third-order valence-electron chi connectivity index (χ3n) is 3.37. The molecule has 3 atom stereocenters. The zero-order valence-electron chi connectivity index (χ0n) is 10.6. The lowest BCUT2D eigenvalue weighted by atomic mass is 9.91. The van der Waals surface area contributed by atoms with Crippen molar-refractivity contribution in [2.75, 3.05) is 25.1 Å². The Hall–Kier alpha value is -0.220. The fourth-order valence-electron chi connectivity index (χ4n) is 2.37. The van der Waals surface area contributed by atoms with Crippen LogP contribution in [0.3, 0.4) is 0 Å². The van der Waals surface area contributed by atoms with Crippen LogP contribution in [0.25, 0.3) is 0 Å². The van der Waals surface area contributed by atoms with Gasteiger partial charge in [0.25, 0.3) is 0 Å². The monoisotopic (exact) mass is 244 g/mol. The topological polar surface area (TPSA) is 46.3 Å². The third kappa shape index (κ3) is 3.39. The van der Waals surface area contributed by atoms with Crippen molar-refractivity contribution in [3.63, 3.8) is 0 Å². The number of piperidine rings is 1. The Bertz CT molecular complexity index is 235. The molecule has 1 aliphatic heterocycles. The Morgan fingerprint density at radius 1 is 1.62 bits per heavy atom. The van der Waals surface area contributed by atoms with E-state index >= 15 is 0 Å². The van der Waals surface area contributed by atoms with Gasteiger partial charge in [0.05, 0.1) is 0 Å². The van der Waals surface area contributed by atoms with Crippen molar-refractivity contribution in [2.45, 2.75) is 32.7 Å². The molecule has 0 aliphatic carbocycles. The minimum absolute atomic E-state index is 0.123. The Morgan fingerprint density at radius 3 is 2.88 bits per heavy atom. The molecule has 0 aromatic rings. The van der Waals surface area contributed by atoms with Crippen LogP contribution in [-0.4, -0.2) is 41.9 Å². The van der Waals surface area contributed by atoms with Gasteiger partial charge in [0, 0.05) is 30.8 Å². The number of carbonyl (C=O) groups excluding carboxylic acids is 1. The number of amides is 1. The molecule has 1 amide bonds. The Morgan fingerprint density at radius 2 is 2.31 bits per heavy atom. The number of rotatable bonds is 4. The Labute approximate surface area is 103 Å². The van der Waals surface area contributed by atoms with Gasteiger partial charge in [-0.3, -0.25) is 4.79 Å². The smallest absolute Gasteiger partial charge is 0.226 e. The van der Waals surface area contributed by atoms with Crippen molar-refractivity contribution in [3.8, 4) is 0 Å². The summed E-state index contributed by atoms with van der Waals surface area (Å²) in [6.45, 7) is 5.75. The highest BCUT2D eigenvalue weighted by molar-refractivity contribution is 7.98. The van der Waals surface area contributed by atoms with Gasteiger partial charge in [0.15, 0.2) is 0 Å². The van der Waals surface area contributed by atoms with E-state index in [0.717, 1.165) is 25.1 Å². The maximum atomic E-state index is 12.2. The molecule has 1 saturated heterocycles. The summed E-state index contributed by atoms with van der Waals surface area (Å²) < 4.78 is 0. The first-order chi connectivity index (χ1) is 7.60. The first-order valence-corrected chi connectivity index (χ1v) is 7.49. The van der Waals surface area contributed by atoms with E-state index in [1.807, 2.05) is 18.1 Å². The van der Waals surface area contributed by atoms with E-state index in [1.54, 1.807) is 11.8 Å². The molecule has 3 nitrogen and oxygen atoms in total. The van der Waals surface area contributed by atoms with Gasteiger partial charge in [0.1, 0.15) is 0 Å². The molecule has 0 spiro atoms. The highest BCUT2D eigenvalue weighted by Crippen LogP contribution is 2.24. The standard InChI is InChI=1S/C12H24N2OS/c1-9-4-5-14(11(6-9)7-13)12(15)10(2)8-16-3/h9-11H,4-8,13H2,1-3H3. The van der Waals surface area contributed by atoms with Crippen LogP contribution in [0, 0.1) is 11.8 Å². The molecule has 2 N–H and O–H groups in total. The maximum Gasteiger partial charge on any atom is 0.226 e. The molecule has 1 aliphatic rings. The second-order valence-corrected chi connectivity index (χ2v) is 5.82.